The Morgan fingerprint density at radius 3 is 2.18 bits per heavy atom. The van der Waals surface area contributed by atoms with Gasteiger partial charge >= 0.3 is 6.09 Å². The summed E-state index contributed by atoms with van der Waals surface area (Å²) in [7, 11) is 0. The van der Waals surface area contributed by atoms with Gasteiger partial charge in [-0.1, -0.05) is 60.7 Å². The highest BCUT2D eigenvalue weighted by molar-refractivity contribution is 5.97. The Balaban J connectivity index is 1.57. The van der Waals surface area contributed by atoms with E-state index in [1.54, 1.807) is 0 Å². The monoisotopic (exact) mass is 295 g/mol. The van der Waals surface area contributed by atoms with Crippen LogP contribution in [0.5, 0.6) is 0 Å². The molecule has 1 aliphatic rings. The van der Waals surface area contributed by atoms with Gasteiger partial charge in [0.15, 0.2) is 5.78 Å². The highest BCUT2D eigenvalue weighted by Gasteiger charge is 2.41. The zero-order valence-electron chi connectivity index (χ0n) is 12.1. The molecule has 22 heavy (non-hydrogen) atoms. The molecule has 0 aromatic heterocycles. The Morgan fingerprint density at radius 2 is 1.59 bits per heavy atom. The molecule has 0 aliphatic carbocycles. The van der Waals surface area contributed by atoms with E-state index in [-0.39, 0.29) is 18.9 Å². The first-order chi connectivity index (χ1) is 10.7. The van der Waals surface area contributed by atoms with Gasteiger partial charge in [0.25, 0.3) is 0 Å². The van der Waals surface area contributed by atoms with Crippen molar-refractivity contribution in [1.29, 1.82) is 0 Å². The van der Waals surface area contributed by atoms with E-state index >= 15 is 0 Å². The van der Waals surface area contributed by atoms with Crippen LogP contribution in [0.15, 0.2) is 60.7 Å². The van der Waals surface area contributed by atoms with Crippen molar-refractivity contribution >= 4 is 11.9 Å². The summed E-state index contributed by atoms with van der Waals surface area (Å²) in [5.74, 6) is 0.0838. The van der Waals surface area contributed by atoms with Crippen LogP contribution in [0.3, 0.4) is 0 Å². The topological polar surface area (TPSA) is 46.6 Å². The maximum absolute atomic E-state index is 12.1. The Hall–Kier alpha value is -2.62. The van der Waals surface area contributed by atoms with Gasteiger partial charge in [-0.15, -0.1) is 0 Å². The minimum absolute atomic E-state index is 0.0838. The fourth-order valence-electron chi connectivity index (χ4n) is 2.50. The molecular formula is C18H17NO3. The van der Waals surface area contributed by atoms with E-state index in [2.05, 4.69) is 0 Å². The standard InChI is InChI=1S/C18H17NO3/c20-17-12-19(16(17)11-14-7-3-1-4-8-14)18(21)22-13-15-9-5-2-6-10-15/h1-10,16H,11-13H2/t16-/m0/s1. The van der Waals surface area contributed by atoms with Crippen LogP contribution in [-0.4, -0.2) is 29.4 Å². The number of ether oxygens (including phenoxy) is 1. The first-order valence-corrected chi connectivity index (χ1v) is 7.28. The average Bonchev–Trinajstić information content (AvgIpc) is 2.57. The fraction of sp³-hybridized carbons (Fsp3) is 0.222. The number of amides is 1. The second-order valence-corrected chi connectivity index (χ2v) is 5.34. The summed E-state index contributed by atoms with van der Waals surface area (Å²) < 4.78 is 5.28. The number of benzene rings is 2. The van der Waals surface area contributed by atoms with Gasteiger partial charge in [0.2, 0.25) is 0 Å². The lowest BCUT2D eigenvalue weighted by atomic mass is 9.94. The minimum atomic E-state index is -0.426. The number of hydrogen-bond acceptors (Lipinski definition) is 3. The van der Waals surface area contributed by atoms with Crippen LogP contribution in [0.1, 0.15) is 11.1 Å². The molecule has 3 rings (SSSR count). The lowest BCUT2D eigenvalue weighted by molar-refractivity contribution is -0.134. The van der Waals surface area contributed by atoms with Crippen molar-refractivity contribution in [2.24, 2.45) is 0 Å². The molecule has 4 nitrogen and oxygen atoms in total. The van der Waals surface area contributed by atoms with Gasteiger partial charge in [-0.3, -0.25) is 9.69 Å². The molecule has 1 aliphatic heterocycles. The molecule has 0 N–H and O–H groups in total. The van der Waals surface area contributed by atoms with Crippen molar-refractivity contribution in [3.8, 4) is 0 Å². The van der Waals surface area contributed by atoms with E-state index in [4.69, 9.17) is 4.74 Å². The second kappa shape index (κ2) is 6.43. The van der Waals surface area contributed by atoms with E-state index in [0.29, 0.717) is 6.42 Å². The van der Waals surface area contributed by atoms with Crippen molar-refractivity contribution in [2.45, 2.75) is 19.1 Å². The van der Waals surface area contributed by atoms with Crippen LogP contribution in [0.4, 0.5) is 4.79 Å². The summed E-state index contributed by atoms with van der Waals surface area (Å²) in [5.41, 5.74) is 1.98. The summed E-state index contributed by atoms with van der Waals surface area (Å²) in [5, 5.41) is 0. The Morgan fingerprint density at radius 1 is 1.00 bits per heavy atom. The zero-order valence-corrected chi connectivity index (χ0v) is 12.1. The zero-order chi connectivity index (χ0) is 15.4. The first-order valence-electron chi connectivity index (χ1n) is 7.28. The molecule has 0 saturated carbocycles. The molecule has 0 radical (unpaired) electrons. The molecule has 112 valence electrons. The molecule has 2 aromatic carbocycles. The van der Waals surface area contributed by atoms with Crippen molar-refractivity contribution in [1.82, 2.24) is 4.90 Å². The molecule has 0 spiro atoms. The molecular weight excluding hydrogens is 278 g/mol. The number of likely N-dealkylation sites (tertiary alicyclic amines) is 1. The van der Waals surface area contributed by atoms with Crippen LogP contribution in [-0.2, 0) is 22.6 Å². The van der Waals surface area contributed by atoms with E-state index in [1.807, 2.05) is 60.7 Å². The largest absolute Gasteiger partial charge is 0.445 e. The number of rotatable bonds is 4. The van der Waals surface area contributed by atoms with E-state index < -0.39 is 12.1 Å². The SMILES string of the molecule is O=C1CN(C(=O)OCc2ccccc2)[C@H]1Cc1ccccc1. The molecule has 4 heteroatoms. The predicted molar refractivity (Wildman–Crippen MR) is 82.3 cm³/mol. The molecule has 0 bridgehead atoms. The van der Waals surface area contributed by atoms with Crippen LogP contribution in [0.25, 0.3) is 0 Å². The van der Waals surface area contributed by atoms with Gasteiger partial charge in [-0.25, -0.2) is 4.79 Å². The normalized spacial score (nSPS) is 17.0. The summed E-state index contributed by atoms with van der Waals surface area (Å²) >= 11 is 0. The predicted octanol–water partition coefficient (Wildman–Crippen LogP) is 2.82. The van der Waals surface area contributed by atoms with Gasteiger partial charge in [-0.2, -0.15) is 0 Å². The average molecular weight is 295 g/mol. The number of carbonyl (C=O) groups is 2. The van der Waals surface area contributed by atoms with Gasteiger partial charge in [0, 0.05) is 6.42 Å². The number of hydrogen-bond donors (Lipinski definition) is 0. The van der Waals surface area contributed by atoms with Gasteiger partial charge in [0.1, 0.15) is 12.6 Å². The molecule has 1 fully saturated rings. The van der Waals surface area contributed by atoms with E-state index in [9.17, 15) is 9.59 Å². The van der Waals surface area contributed by atoms with Crippen LogP contribution < -0.4 is 0 Å². The summed E-state index contributed by atoms with van der Waals surface area (Å²) in [6, 6.07) is 18.8. The highest BCUT2D eigenvalue weighted by atomic mass is 16.6. The first kappa shape index (κ1) is 14.3. The second-order valence-electron chi connectivity index (χ2n) is 5.34. The molecule has 1 heterocycles. The lowest BCUT2D eigenvalue weighted by Gasteiger charge is -2.38. The van der Waals surface area contributed by atoms with Crippen molar-refractivity contribution < 1.29 is 14.3 Å². The van der Waals surface area contributed by atoms with Crippen molar-refractivity contribution in [3.63, 3.8) is 0 Å². The van der Waals surface area contributed by atoms with Gasteiger partial charge < -0.3 is 4.74 Å². The Bertz CT molecular complexity index is 655. The maximum atomic E-state index is 12.1. The third-order valence-electron chi connectivity index (χ3n) is 3.79. The highest BCUT2D eigenvalue weighted by Crippen LogP contribution is 2.20. The number of ketones is 1. The van der Waals surface area contributed by atoms with E-state index in [1.165, 1.54) is 4.90 Å². The molecule has 0 unspecified atom stereocenters. The van der Waals surface area contributed by atoms with Crippen LogP contribution in [0, 0.1) is 0 Å². The minimum Gasteiger partial charge on any atom is -0.445 e. The third kappa shape index (κ3) is 3.17. The molecule has 1 saturated heterocycles. The summed E-state index contributed by atoms with van der Waals surface area (Å²) in [6.07, 6.45) is 0.115. The quantitative estimate of drug-likeness (QED) is 0.871. The summed E-state index contributed by atoms with van der Waals surface area (Å²) in [6.45, 7) is 0.369. The van der Waals surface area contributed by atoms with Crippen LogP contribution >= 0.6 is 0 Å². The van der Waals surface area contributed by atoms with Gasteiger partial charge in [-0.05, 0) is 11.1 Å². The van der Waals surface area contributed by atoms with E-state index in [0.717, 1.165) is 11.1 Å². The van der Waals surface area contributed by atoms with Crippen molar-refractivity contribution in [3.05, 3.63) is 71.8 Å². The smallest absolute Gasteiger partial charge is 0.411 e. The molecule has 1 amide bonds. The lowest BCUT2D eigenvalue weighted by Crippen LogP contribution is -2.60. The Kier molecular flexibility index (Phi) is 4.19. The number of carbonyl (C=O) groups excluding carboxylic acids is 2. The Labute approximate surface area is 129 Å². The summed E-state index contributed by atoms with van der Waals surface area (Å²) in [4.78, 5) is 25.4. The maximum Gasteiger partial charge on any atom is 0.411 e. The number of Topliss-reactive ketones (excluding diaryl/α,β-unsaturated/α-hetero) is 1. The number of nitrogens with zero attached hydrogens (tertiary/aromatic N) is 1. The fourth-order valence-corrected chi connectivity index (χ4v) is 2.50. The van der Waals surface area contributed by atoms with Gasteiger partial charge in [0.05, 0.1) is 6.54 Å². The van der Waals surface area contributed by atoms with Crippen molar-refractivity contribution in [2.75, 3.05) is 6.54 Å². The molecule has 1 atom stereocenters. The van der Waals surface area contributed by atoms with Crippen LogP contribution in [0.2, 0.25) is 0 Å². The molecule has 2 aromatic rings. The third-order valence-corrected chi connectivity index (χ3v) is 3.79.